The van der Waals surface area contributed by atoms with Crippen LogP contribution in [-0.4, -0.2) is 11.1 Å². The van der Waals surface area contributed by atoms with E-state index in [1.807, 2.05) is 23.7 Å². The van der Waals surface area contributed by atoms with E-state index in [0.29, 0.717) is 6.54 Å². The summed E-state index contributed by atoms with van der Waals surface area (Å²) in [4.78, 5) is 10.4. The van der Waals surface area contributed by atoms with Crippen LogP contribution in [0.2, 0.25) is 0 Å². The largest absolute Gasteiger partial charge is 0.269 e. The quantitative estimate of drug-likeness (QED) is 0.0305. The van der Waals surface area contributed by atoms with Crippen LogP contribution in [-0.2, 0) is 6.54 Å². The number of benzene rings is 6. The third kappa shape index (κ3) is 7.12. The van der Waals surface area contributed by atoms with Gasteiger partial charge in [0.25, 0.3) is 5.69 Å². The molecule has 0 spiro atoms. The third-order valence-electron chi connectivity index (χ3n) is 9.66. The molecule has 0 atom stereocenters. The molecule has 0 amide bonds. The molecule has 0 bridgehead atoms. The molecular weight excluding hydrogens is 939 g/mol. The summed E-state index contributed by atoms with van der Waals surface area (Å²) in [5.41, 5.74) is -10.1. The summed E-state index contributed by atoms with van der Waals surface area (Å²) in [5, 5.41) is 10.8. The van der Waals surface area contributed by atoms with Crippen LogP contribution in [0.15, 0.2) is 54.0 Å². The number of thiazole rings is 1. The zero-order valence-corrected chi connectivity index (χ0v) is 31.0. The second-order valence-corrected chi connectivity index (χ2v) is 13.9. The SMILES string of the molecule is Fc1c(F)c(F)c([B-](c2c(F)c(F)c(F)c(F)c2F)(c2c(F)c(F)c(F)c(F)c2F)c2c(F)c(F)c(F)c(F)c2F)c(F)c1F.O=[N+]([O-])c1cccc(C[n+]2csc3ccccc32)c1. The van der Waals surface area contributed by atoms with E-state index in [1.165, 1.54) is 10.8 Å². The smallest absolute Gasteiger partial charge is 0.258 e. The third-order valence-corrected chi connectivity index (χ3v) is 10.6. The number of fused-ring (bicyclic) bond motifs is 1. The molecule has 0 radical (unpaired) electrons. The molecule has 1 aromatic heterocycles. The highest BCUT2D eigenvalue weighted by atomic mass is 32.1. The molecule has 0 saturated heterocycles. The summed E-state index contributed by atoms with van der Waals surface area (Å²) in [5.74, 6) is -71.4. The number of rotatable bonds is 7. The first-order valence-corrected chi connectivity index (χ1v) is 17.6. The first-order valence-electron chi connectivity index (χ1n) is 16.8. The number of aromatic nitrogens is 1. The van der Waals surface area contributed by atoms with Crippen LogP contribution < -0.4 is 26.4 Å². The number of nitrogens with zero attached hydrogens (tertiary/aromatic N) is 2. The average Bonchev–Trinajstić information content (AvgIpc) is 3.68. The molecule has 0 aliphatic rings. The maximum atomic E-state index is 15.4. The van der Waals surface area contributed by atoms with Gasteiger partial charge in [-0.2, -0.15) is 4.57 Å². The molecule has 0 aliphatic heterocycles. The first-order chi connectivity index (χ1) is 29.9. The van der Waals surface area contributed by atoms with Crippen molar-refractivity contribution >= 4 is 55.2 Å². The minimum absolute atomic E-state index is 0.137. The van der Waals surface area contributed by atoms with Crippen LogP contribution in [0.3, 0.4) is 0 Å². The lowest BCUT2D eigenvalue weighted by molar-refractivity contribution is -0.658. The predicted molar refractivity (Wildman–Crippen MR) is 183 cm³/mol. The van der Waals surface area contributed by atoms with Crippen LogP contribution in [0, 0.1) is 126 Å². The maximum Gasteiger partial charge on any atom is 0.269 e. The van der Waals surface area contributed by atoms with Gasteiger partial charge in [0.15, 0.2) is 76.4 Å². The molecule has 64 heavy (non-hydrogen) atoms. The second kappa shape index (κ2) is 17.1. The highest BCUT2D eigenvalue weighted by molar-refractivity contribution is 7.20. The monoisotopic (exact) mass is 950 g/mol. The van der Waals surface area contributed by atoms with Crippen LogP contribution in [0.4, 0.5) is 93.5 Å². The zero-order valence-electron chi connectivity index (χ0n) is 30.2. The number of non-ortho nitro benzene ring substituents is 1. The first kappa shape index (κ1) is 46.8. The van der Waals surface area contributed by atoms with Crippen molar-refractivity contribution in [3.05, 3.63) is 186 Å². The van der Waals surface area contributed by atoms with Gasteiger partial charge in [-0.1, -0.05) is 35.6 Å². The van der Waals surface area contributed by atoms with Crippen molar-refractivity contribution in [2.45, 2.75) is 6.54 Å². The highest BCUT2D eigenvalue weighted by Crippen LogP contribution is 2.31. The van der Waals surface area contributed by atoms with Gasteiger partial charge in [0.05, 0.1) is 4.92 Å². The average molecular weight is 950 g/mol. The Kier molecular flexibility index (Phi) is 12.5. The molecule has 0 N–H and O–H groups in total. The number of hydrogen-bond donors (Lipinski definition) is 0. The van der Waals surface area contributed by atoms with Gasteiger partial charge in [0.2, 0.25) is 11.0 Å². The Morgan fingerprint density at radius 1 is 0.438 bits per heavy atom. The van der Waals surface area contributed by atoms with E-state index in [-0.39, 0.29) is 10.6 Å². The molecule has 7 rings (SSSR count). The van der Waals surface area contributed by atoms with Crippen LogP contribution in [0.1, 0.15) is 5.56 Å². The number of nitro groups is 1. The Morgan fingerprint density at radius 3 is 1.08 bits per heavy atom. The molecule has 26 heteroatoms. The summed E-state index contributed by atoms with van der Waals surface area (Å²) in [6, 6.07) is 14.9. The molecule has 0 aliphatic carbocycles. The molecule has 0 fully saturated rings. The summed E-state index contributed by atoms with van der Waals surface area (Å²) < 4.78 is 297. The normalized spacial score (nSPS) is 11.6. The highest BCUT2D eigenvalue weighted by Gasteiger charge is 2.52. The lowest BCUT2D eigenvalue weighted by atomic mass is 9.12. The van der Waals surface area contributed by atoms with E-state index in [2.05, 4.69) is 16.7 Å². The molecule has 4 nitrogen and oxygen atoms in total. The molecule has 7 aromatic rings. The lowest BCUT2D eigenvalue weighted by Crippen LogP contribution is -2.81. The van der Waals surface area contributed by atoms with Gasteiger partial charge in [-0.05, 0) is 6.07 Å². The molecule has 0 saturated carbocycles. The minimum atomic E-state index is -7.22. The standard InChI is InChI=1S/C24BF20.C14H11N2O2S/c26-5-1(6(27)14(35)21(42)13(5)34)25(2-7(28)15(36)22(43)16(37)8(2)29,3-9(30)17(38)23(44)18(39)10(3)31)4-11(32)19(40)24(45)20(41)12(4)33;17-16(18)12-5-3-4-11(8-12)9-15-10-19-14-7-2-1-6-13(14)15/h;1-8,10H,9H2/q-1;+1. The second-order valence-electron chi connectivity index (χ2n) is 13.0. The summed E-state index contributed by atoms with van der Waals surface area (Å²) in [6.07, 6.45) is -7.22. The summed E-state index contributed by atoms with van der Waals surface area (Å²) >= 11 is 1.67. The van der Waals surface area contributed by atoms with Gasteiger partial charge in [-0.3, -0.25) is 10.1 Å². The fourth-order valence-electron chi connectivity index (χ4n) is 6.93. The number of nitro benzene ring substituents is 1. The number of hydrogen-bond acceptors (Lipinski definition) is 3. The Morgan fingerprint density at radius 2 is 0.750 bits per heavy atom. The van der Waals surface area contributed by atoms with E-state index in [4.69, 9.17) is 0 Å². The maximum absolute atomic E-state index is 15.4. The van der Waals surface area contributed by atoms with Crippen molar-refractivity contribution < 1.29 is 97.3 Å². The van der Waals surface area contributed by atoms with Gasteiger partial charge >= 0.3 is 0 Å². The topological polar surface area (TPSA) is 47.0 Å². The van der Waals surface area contributed by atoms with E-state index in [9.17, 15) is 62.8 Å². The van der Waals surface area contributed by atoms with E-state index in [0.717, 1.165) is 11.1 Å². The fraction of sp³-hybridized carbons (Fsp3) is 0.0263. The van der Waals surface area contributed by atoms with Gasteiger partial charge in [0.1, 0.15) is 57.4 Å². The van der Waals surface area contributed by atoms with Crippen molar-refractivity contribution in [1.82, 2.24) is 0 Å². The molecule has 1 heterocycles. The lowest BCUT2D eigenvalue weighted by Gasteiger charge is -2.44. The molecule has 0 unspecified atom stereocenters. The van der Waals surface area contributed by atoms with Gasteiger partial charge in [-0.25, -0.2) is 87.8 Å². The van der Waals surface area contributed by atoms with Crippen LogP contribution in [0.5, 0.6) is 0 Å². The van der Waals surface area contributed by atoms with Crippen molar-refractivity contribution in [3.8, 4) is 0 Å². The van der Waals surface area contributed by atoms with Gasteiger partial charge in [-0.15, -0.1) is 21.9 Å². The van der Waals surface area contributed by atoms with Crippen molar-refractivity contribution in [2.24, 2.45) is 0 Å². The predicted octanol–water partition coefficient (Wildman–Crippen LogP) is 8.99. The van der Waals surface area contributed by atoms with Gasteiger partial charge in [0, 0.05) is 23.8 Å². The molecule has 6 aromatic carbocycles. The Labute approximate surface area is 344 Å². The van der Waals surface area contributed by atoms with Crippen LogP contribution >= 0.6 is 11.3 Å². The number of para-hydroxylation sites is 1. The van der Waals surface area contributed by atoms with E-state index >= 15 is 35.1 Å². The van der Waals surface area contributed by atoms with Crippen molar-refractivity contribution in [2.75, 3.05) is 0 Å². The summed E-state index contributed by atoms with van der Waals surface area (Å²) in [6.45, 7) is 0.645. The van der Waals surface area contributed by atoms with Crippen molar-refractivity contribution in [3.63, 3.8) is 0 Å². The van der Waals surface area contributed by atoms with Crippen LogP contribution in [0.25, 0.3) is 10.2 Å². The Hall–Kier alpha value is -6.73. The Balaban J connectivity index is 0.000000295. The Bertz CT molecular complexity index is 2710. The fourth-order valence-corrected chi connectivity index (χ4v) is 7.83. The summed E-state index contributed by atoms with van der Waals surface area (Å²) in [7, 11) is 0. The van der Waals surface area contributed by atoms with Gasteiger partial charge < -0.3 is 0 Å². The van der Waals surface area contributed by atoms with E-state index < -0.39 is 144 Å². The number of halogens is 20. The van der Waals surface area contributed by atoms with E-state index in [1.54, 1.807) is 23.5 Å². The molecule has 334 valence electrons. The zero-order chi connectivity index (χ0) is 47.6. The minimum Gasteiger partial charge on any atom is -0.258 e. The van der Waals surface area contributed by atoms with Crippen molar-refractivity contribution in [1.29, 1.82) is 0 Å². The molecular formula is C38H11BF20N2O2S.